The van der Waals surface area contributed by atoms with Gasteiger partial charge in [-0.25, -0.2) is 9.78 Å². The number of carbonyl (C=O) groups excluding carboxylic acids is 2. The van der Waals surface area contributed by atoms with Crippen LogP contribution in [0.5, 0.6) is 11.6 Å². The Kier molecular flexibility index (Phi) is 5.51. The number of nitrogens with two attached hydrogens (primary N) is 1. The number of urea groups is 1. The zero-order chi connectivity index (χ0) is 16.7. The number of pyridine rings is 1. The largest absolute Gasteiger partial charge is 0.439 e. The lowest BCUT2D eigenvalue weighted by Crippen LogP contribution is -2.46. The highest BCUT2D eigenvalue weighted by molar-refractivity contribution is 5.86. The summed E-state index contributed by atoms with van der Waals surface area (Å²) in [6.45, 7) is 1.84. The number of aromatic nitrogens is 1. The van der Waals surface area contributed by atoms with Gasteiger partial charge in [0.2, 0.25) is 11.8 Å². The molecule has 1 aromatic heterocycles. The third-order valence-electron chi connectivity index (χ3n) is 2.98. The summed E-state index contributed by atoms with van der Waals surface area (Å²) in [6, 6.07) is 11.3. The number of nitrogens with zero attached hydrogens (tertiary/aromatic N) is 1. The Labute approximate surface area is 133 Å². The van der Waals surface area contributed by atoms with Crippen molar-refractivity contribution in [3.05, 3.63) is 54.2 Å². The van der Waals surface area contributed by atoms with Crippen LogP contribution in [0, 0.1) is 0 Å². The average molecular weight is 314 g/mol. The van der Waals surface area contributed by atoms with E-state index in [4.69, 9.17) is 10.5 Å². The van der Waals surface area contributed by atoms with Gasteiger partial charge in [0, 0.05) is 18.8 Å². The lowest BCUT2D eigenvalue weighted by molar-refractivity contribution is -0.122. The summed E-state index contributed by atoms with van der Waals surface area (Å²) in [7, 11) is 0. The molecule has 0 bridgehead atoms. The van der Waals surface area contributed by atoms with E-state index in [0.717, 1.165) is 5.56 Å². The number of carbonyl (C=O) groups is 2. The van der Waals surface area contributed by atoms with Gasteiger partial charge in [0.1, 0.15) is 11.8 Å². The monoisotopic (exact) mass is 314 g/mol. The molecule has 0 spiro atoms. The van der Waals surface area contributed by atoms with Gasteiger partial charge in [0.05, 0.1) is 0 Å². The molecule has 0 fully saturated rings. The van der Waals surface area contributed by atoms with Crippen LogP contribution >= 0.6 is 0 Å². The van der Waals surface area contributed by atoms with E-state index < -0.39 is 12.1 Å². The smallest absolute Gasteiger partial charge is 0.312 e. The summed E-state index contributed by atoms with van der Waals surface area (Å²) in [5.74, 6) is 0.790. The zero-order valence-corrected chi connectivity index (χ0v) is 12.7. The number of hydrogen-bond acceptors (Lipinski definition) is 4. The third kappa shape index (κ3) is 5.31. The quantitative estimate of drug-likeness (QED) is 0.752. The van der Waals surface area contributed by atoms with E-state index in [1.807, 2.05) is 30.3 Å². The molecule has 7 heteroatoms. The Morgan fingerprint density at radius 2 is 2.00 bits per heavy atom. The van der Waals surface area contributed by atoms with Crippen molar-refractivity contribution in [1.82, 2.24) is 15.6 Å². The lowest BCUT2D eigenvalue weighted by Gasteiger charge is -2.12. The van der Waals surface area contributed by atoms with Crippen LogP contribution in [0.2, 0.25) is 0 Å². The molecule has 0 aliphatic heterocycles. The number of para-hydroxylation sites is 1. The van der Waals surface area contributed by atoms with E-state index in [1.165, 1.54) is 0 Å². The molecule has 0 aliphatic rings. The SMILES string of the molecule is C[C@@H](NC(N)=O)C(=O)NCc1ccnc(Oc2ccccc2)c1. The maximum atomic E-state index is 11.8. The minimum absolute atomic E-state index is 0.289. The van der Waals surface area contributed by atoms with Gasteiger partial charge < -0.3 is 21.1 Å². The van der Waals surface area contributed by atoms with E-state index in [1.54, 1.807) is 25.3 Å². The standard InChI is InChI=1S/C16H18N4O3/c1-11(20-16(17)22)15(21)19-10-12-7-8-18-14(9-12)23-13-5-3-2-4-6-13/h2-9,11H,10H2,1H3,(H,19,21)(H3,17,20,22)/t11-/m1/s1. The topological polar surface area (TPSA) is 106 Å². The van der Waals surface area contributed by atoms with Crippen LogP contribution in [-0.4, -0.2) is 23.0 Å². The molecule has 4 N–H and O–H groups in total. The van der Waals surface area contributed by atoms with Crippen molar-refractivity contribution in [3.8, 4) is 11.6 Å². The summed E-state index contributed by atoms with van der Waals surface area (Å²) in [4.78, 5) is 26.6. The number of nitrogens with one attached hydrogen (secondary N) is 2. The van der Waals surface area contributed by atoms with Crippen molar-refractivity contribution in [2.24, 2.45) is 5.73 Å². The number of amides is 3. The molecule has 2 rings (SSSR count). The van der Waals surface area contributed by atoms with Crippen LogP contribution in [0.15, 0.2) is 48.7 Å². The van der Waals surface area contributed by atoms with Crippen LogP contribution in [0.4, 0.5) is 4.79 Å². The maximum Gasteiger partial charge on any atom is 0.312 e. The second kappa shape index (κ2) is 7.79. The summed E-state index contributed by atoms with van der Waals surface area (Å²) in [5, 5.41) is 5.02. The normalized spacial score (nSPS) is 11.3. The molecule has 1 heterocycles. The Hall–Kier alpha value is -3.09. The van der Waals surface area contributed by atoms with E-state index in [-0.39, 0.29) is 12.5 Å². The molecule has 0 saturated heterocycles. The second-order valence-corrected chi connectivity index (χ2v) is 4.87. The molecule has 2 aromatic rings. The second-order valence-electron chi connectivity index (χ2n) is 4.87. The maximum absolute atomic E-state index is 11.8. The Morgan fingerprint density at radius 1 is 1.26 bits per heavy atom. The fourth-order valence-electron chi connectivity index (χ4n) is 1.85. The minimum Gasteiger partial charge on any atom is -0.439 e. The first-order valence-corrected chi connectivity index (χ1v) is 7.06. The number of rotatable bonds is 6. The average Bonchev–Trinajstić information content (AvgIpc) is 2.53. The van der Waals surface area contributed by atoms with Crippen molar-refractivity contribution in [2.45, 2.75) is 19.5 Å². The molecule has 1 aromatic carbocycles. The first-order chi connectivity index (χ1) is 11.0. The number of primary amides is 1. The highest BCUT2D eigenvalue weighted by Crippen LogP contribution is 2.19. The molecule has 0 radical (unpaired) electrons. The van der Waals surface area contributed by atoms with E-state index in [0.29, 0.717) is 11.6 Å². The molecule has 3 amide bonds. The molecule has 7 nitrogen and oxygen atoms in total. The lowest BCUT2D eigenvalue weighted by atomic mass is 10.2. The molecule has 120 valence electrons. The van der Waals surface area contributed by atoms with Gasteiger partial charge in [-0.15, -0.1) is 0 Å². The molecule has 0 unspecified atom stereocenters. The van der Waals surface area contributed by atoms with Gasteiger partial charge in [-0.1, -0.05) is 18.2 Å². The summed E-state index contributed by atoms with van der Waals surface area (Å²) >= 11 is 0. The fraction of sp³-hybridized carbons (Fsp3) is 0.188. The van der Waals surface area contributed by atoms with Gasteiger partial charge in [-0.2, -0.15) is 0 Å². The van der Waals surface area contributed by atoms with Crippen molar-refractivity contribution in [3.63, 3.8) is 0 Å². The van der Waals surface area contributed by atoms with E-state index >= 15 is 0 Å². The molecular formula is C16H18N4O3. The molecule has 0 saturated carbocycles. The first kappa shape index (κ1) is 16.3. The van der Waals surface area contributed by atoms with Crippen LogP contribution in [0.25, 0.3) is 0 Å². The first-order valence-electron chi connectivity index (χ1n) is 7.06. The molecule has 1 atom stereocenters. The van der Waals surface area contributed by atoms with Crippen molar-refractivity contribution in [1.29, 1.82) is 0 Å². The van der Waals surface area contributed by atoms with Crippen LogP contribution in [-0.2, 0) is 11.3 Å². The van der Waals surface area contributed by atoms with Gasteiger partial charge in [0.25, 0.3) is 0 Å². The van der Waals surface area contributed by atoms with Gasteiger partial charge >= 0.3 is 6.03 Å². The predicted octanol–water partition coefficient (Wildman–Crippen LogP) is 1.55. The number of ether oxygens (including phenoxy) is 1. The minimum atomic E-state index is -0.741. The number of hydrogen-bond donors (Lipinski definition) is 3. The summed E-state index contributed by atoms with van der Waals surface area (Å²) in [5.41, 5.74) is 5.80. The number of benzene rings is 1. The van der Waals surface area contributed by atoms with Crippen molar-refractivity contribution >= 4 is 11.9 Å². The zero-order valence-electron chi connectivity index (χ0n) is 12.7. The molecule has 0 aliphatic carbocycles. The van der Waals surface area contributed by atoms with Gasteiger partial charge in [-0.3, -0.25) is 4.79 Å². The van der Waals surface area contributed by atoms with E-state index in [2.05, 4.69) is 15.6 Å². The van der Waals surface area contributed by atoms with Gasteiger partial charge in [0.15, 0.2) is 0 Å². The summed E-state index contributed by atoms with van der Waals surface area (Å²) < 4.78 is 5.63. The Morgan fingerprint density at radius 3 is 2.70 bits per heavy atom. The highest BCUT2D eigenvalue weighted by Gasteiger charge is 2.13. The van der Waals surface area contributed by atoms with E-state index in [9.17, 15) is 9.59 Å². The van der Waals surface area contributed by atoms with Crippen LogP contribution < -0.4 is 21.1 Å². The van der Waals surface area contributed by atoms with Gasteiger partial charge in [-0.05, 0) is 30.7 Å². The van der Waals surface area contributed by atoms with Crippen LogP contribution in [0.3, 0.4) is 0 Å². The Balaban J connectivity index is 1.92. The third-order valence-corrected chi connectivity index (χ3v) is 2.98. The molecule has 23 heavy (non-hydrogen) atoms. The Bertz CT molecular complexity index is 676. The fourth-order valence-corrected chi connectivity index (χ4v) is 1.85. The summed E-state index contributed by atoms with van der Waals surface area (Å²) in [6.07, 6.45) is 1.60. The van der Waals surface area contributed by atoms with Crippen molar-refractivity contribution in [2.75, 3.05) is 0 Å². The highest BCUT2D eigenvalue weighted by atomic mass is 16.5. The van der Waals surface area contributed by atoms with Crippen LogP contribution in [0.1, 0.15) is 12.5 Å². The predicted molar refractivity (Wildman–Crippen MR) is 84.8 cm³/mol. The van der Waals surface area contributed by atoms with Crippen molar-refractivity contribution < 1.29 is 14.3 Å². The molecular weight excluding hydrogens is 296 g/mol.